The molecule has 240 valence electrons. The molecule has 0 spiro atoms. The molecule has 0 N–H and O–H groups in total. The number of ether oxygens (including phenoxy) is 2. The van der Waals surface area contributed by atoms with Crippen LogP contribution < -0.4 is 8.92 Å². The average molecular weight is 656 g/mol. The third-order valence-electron chi connectivity index (χ3n) is 6.47. The standard InChI is InChI=1S/C28H26F5N5O6S/c1-5-42-15-10-19(29)17(20(30)11-15)13-38-22-9-7-6-8-16(22)23(36-38)24-34-21-14-37(26(39)43-27(2,3)4)12-18(21)25(35-24)44-45(40,41)28(31,32)33/h6-11H,5,12-14H2,1-4H3. The average Bonchev–Trinajstić information content (AvgIpc) is 3.51. The van der Waals surface area contributed by atoms with Crippen LogP contribution in [0.25, 0.3) is 22.4 Å². The Bertz CT molecular complexity index is 1880. The molecule has 1 aliphatic heterocycles. The molecule has 0 saturated heterocycles. The summed E-state index contributed by atoms with van der Waals surface area (Å²) in [4.78, 5) is 22.2. The van der Waals surface area contributed by atoms with Crippen molar-refractivity contribution in [3.05, 3.63) is 64.9 Å². The number of hydrogen-bond donors (Lipinski definition) is 0. The number of para-hydroxylation sites is 1. The molecule has 2 aromatic carbocycles. The van der Waals surface area contributed by atoms with Crippen LogP contribution in [0.5, 0.6) is 11.6 Å². The van der Waals surface area contributed by atoms with Crippen molar-refractivity contribution in [2.45, 2.75) is 58.4 Å². The van der Waals surface area contributed by atoms with E-state index in [0.29, 0.717) is 10.9 Å². The summed E-state index contributed by atoms with van der Waals surface area (Å²) < 4.78 is 110. The van der Waals surface area contributed by atoms with E-state index in [-0.39, 0.29) is 47.2 Å². The molecular weight excluding hydrogens is 629 g/mol. The molecule has 0 saturated carbocycles. The SMILES string of the molecule is CCOc1cc(F)c(Cn2nc(-c3nc4c(c(OS(=O)(=O)C(F)(F)F)n3)CN(C(=O)OC(C)(C)C)C4)c3ccccc32)c(F)c1. The molecule has 0 fully saturated rings. The molecule has 5 rings (SSSR count). The molecule has 2 aromatic heterocycles. The van der Waals surface area contributed by atoms with Crippen LogP contribution in [0.4, 0.5) is 26.7 Å². The van der Waals surface area contributed by atoms with Crippen LogP contribution in [-0.2, 0) is 34.5 Å². The maximum absolute atomic E-state index is 14.9. The Hall–Kier alpha value is -4.54. The number of carbonyl (C=O) groups is 1. The smallest absolute Gasteiger partial charge is 0.494 e. The molecule has 1 amide bonds. The van der Waals surface area contributed by atoms with Crippen LogP contribution in [0.2, 0.25) is 0 Å². The minimum Gasteiger partial charge on any atom is -0.494 e. The van der Waals surface area contributed by atoms with E-state index in [1.165, 1.54) is 4.68 Å². The fourth-order valence-corrected chi connectivity index (χ4v) is 4.99. The Morgan fingerprint density at radius 1 is 1.02 bits per heavy atom. The summed E-state index contributed by atoms with van der Waals surface area (Å²) in [6.07, 6.45) is -0.833. The Labute approximate surface area is 253 Å². The van der Waals surface area contributed by atoms with E-state index in [0.717, 1.165) is 17.0 Å². The Balaban J connectivity index is 1.61. The molecule has 0 atom stereocenters. The second-order valence-corrected chi connectivity index (χ2v) is 12.5. The number of halogens is 5. The van der Waals surface area contributed by atoms with Gasteiger partial charge >= 0.3 is 21.7 Å². The van der Waals surface area contributed by atoms with Gasteiger partial charge in [-0.3, -0.25) is 9.58 Å². The third-order valence-corrected chi connectivity index (χ3v) is 7.42. The first-order chi connectivity index (χ1) is 21.0. The third kappa shape index (κ3) is 6.48. The van der Waals surface area contributed by atoms with Crippen molar-refractivity contribution in [1.29, 1.82) is 0 Å². The lowest BCUT2D eigenvalue weighted by Gasteiger charge is -2.23. The van der Waals surface area contributed by atoms with E-state index in [9.17, 15) is 35.2 Å². The summed E-state index contributed by atoms with van der Waals surface area (Å²) in [5.74, 6) is -3.11. The van der Waals surface area contributed by atoms with Crippen LogP contribution in [0.15, 0.2) is 36.4 Å². The van der Waals surface area contributed by atoms with Gasteiger partial charge in [0.1, 0.15) is 28.7 Å². The molecule has 45 heavy (non-hydrogen) atoms. The van der Waals surface area contributed by atoms with Crippen molar-refractivity contribution in [3.8, 4) is 23.1 Å². The van der Waals surface area contributed by atoms with E-state index >= 15 is 0 Å². The molecular formula is C28H26F5N5O6S. The van der Waals surface area contributed by atoms with Crippen LogP contribution >= 0.6 is 0 Å². The second-order valence-electron chi connectivity index (χ2n) is 10.9. The van der Waals surface area contributed by atoms with Crippen molar-refractivity contribution in [2.24, 2.45) is 0 Å². The predicted molar refractivity (Wildman–Crippen MR) is 148 cm³/mol. The number of alkyl halides is 3. The van der Waals surface area contributed by atoms with Crippen molar-refractivity contribution in [2.75, 3.05) is 6.61 Å². The van der Waals surface area contributed by atoms with Crippen LogP contribution in [0.3, 0.4) is 0 Å². The van der Waals surface area contributed by atoms with Gasteiger partial charge in [0.05, 0.1) is 43.0 Å². The first kappa shape index (κ1) is 31.9. The predicted octanol–water partition coefficient (Wildman–Crippen LogP) is 5.70. The molecule has 3 heterocycles. The van der Waals surface area contributed by atoms with Gasteiger partial charge in [-0.25, -0.2) is 18.6 Å². The van der Waals surface area contributed by atoms with E-state index in [4.69, 9.17) is 9.47 Å². The van der Waals surface area contributed by atoms with Crippen LogP contribution in [-0.4, -0.2) is 56.9 Å². The Morgan fingerprint density at radius 3 is 2.31 bits per heavy atom. The Morgan fingerprint density at radius 2 is 1.69 bits per heavy atom. The van der Waals surface area contributed by atoms with Crippen LogP contribution in [0, 0.1) is 11.6 Å². The summed E-state index contributed by atoms with van der Waals surface area (Å²) in [6.45, 7) is 5.61. The van der Waals surface area contributed by atoms with E-state index in [1.54, 1.807) is 52.0 Å². The highest BCUT2D eigenvalue weighted by Crippen LogP contribution is 2.36. The normalized spacial score (nSPS) is 13.7. The summed E-state index contributed by atoms with van der Waals surface area (Å²) in [5, 5.41) is 4.73. The number of hydrogen-bond acceptors (Lipinski definition) is 9. The molecule has 11 nitrogen and oxygen atoms in total. The van der Waals surface area contributed by atoms with Crippen molar-refractivity contribution >= 4 is 27.1 Å². The van der Waals surface area contributed by atoms with Gasteiger partial charge in [0.2, 0.25) is 5.88 Å². The highest BCUT2D eigenvalue weighted by atomic mass is 32.2. The maximum Gasteiger partial charge on any atom is 0.534 e. The van der Waals surface area contributed by atoms with Gasteiger partial charge < -0.3 is 13.7 Å². The zero-order valence-electron chi connectivity index (χ0n) is 24.3. The Kier molecular flexibility index (Phi) is 8.10. The zero-order chi connectivity index (χ0) is 32.9. The van der Waals surface area contributed by atoms with E-state index < -0.39 is 57.9 Å². The number of rotatable bonds is 7. The number of fused-ring (bicyclic) bond motifs is 2. The largest absolute Gasteiger partial charge is 0.534 e. The number of carbonyl (C=O) groups excluding carboxylic acids is 1. The monoisotopic (exact) mass is 655 g/mol. The minimum absolute atomic E-state index is 0.00410. The van der Waals surface area contributed by atoms with Crippen molar-refractivity contribution in [3.63, 3.8) is 0 Å². The maximum atomic E-state index is 14.9. The number of amides is 1. The van der Waals surface area contributed by atoms with Gasteiger partial charge in [0.25, 0.3) is 0 Å². The highest BCUT2D eigenvalue weighted by Gasteiger charge is 2.49. The molecule has 17 heteroatoms. The van der Waals surface area contributed by atoms with Gasteiger partial charge in [-0.15, -0.1) is 0 Å². The zero-order valence-corrected chi connectivity index (χ0v) is 25.1. The molecule has 0 bridgehead atoms. The molecule has 0 aliphatic carbocycles. The van der Waals surface area contributed by atoms with Gasteiger partial charge in [-0.2, -0.15) is 31.7 Å². The molecule has 4 aromatic rings. The lowest BCUT2D eigenvalue weighted by atomic mass is 10.1. The lowest BCUT2D eigenvalue weighted by molar-refractivity contribution is -0.0501. The fourth-order valence-electron chi connectivity index (χ4n) is 4.55. The molecule has 1 aliphatic rings. The van der Waals surface area contributed by atoms with E-state index in [2.05, 4.69) is 19.2 Å². The second kappa shape index (κ2) is 11.4. The van der Waals surface area contributed by atoms with Gasteiger partial charge in [0, 0.05) is 23.1 Å². The summed E-state index contributed by atoms with van der Waals surface area (Å²) >= 11 is 0. The van der Waals surface area contributed by atoms with E-state index in [1.807, 2.05) is 0 Å². The minimum atomic E-state index is -6.18. The van der Waals surface area contributed by atoms with Gasteiger partial charge in [0.15, 0.2) is 5.82 Å². The van der Waals surface area contributed by atoms with Gasteiger partial charge in [-0.05, 0) is 33.8 Å². The van der Waals surface area contributed by atoms with Crippen molar-refractivity contribution in [1.82, 2.24) is 24.6 Å². The quantitative estimate of drug-likeness (QED) is 0.140. The summed E-state index contributed by atoms with van der Waals surface area (Å²) in [7, 11) is -6.18. The van der Waals surface area contributed by atoms with Crippen molar-refractivity contribution < 1.29 is 48.8 Å². The first-order valence-corrected chi connectivity index (χ1v) is 14.8. The number of benzene rings is 2. The molecule has 0 radical (unpaired) electrons. The lowest BCUT2D eigenvalue weighted by Crippen LogP contribution is -2.33. The summed E-state index contributed by atoms with van der Waals surface area (Å²) in [6, 6.07) is 8.44. The van der Waals surface area contributed by atoms with Gasteiger partial charge in [-0.1, -0.05) is 18.2 Å². The fraction of sp³-hybridized carbons (Fsp3) is 0.357. The topological polar surface area (TPSA) is 126 Å². The highest BCUT2D eigenvalue weighted by molar-refractivity contribution is 7.88. The molecule has 0 unspecified atom stereocenters. The number of nitrogens with zero attached hydrogens (tertiary/aromatic N) is 5. The van der Waals surface area contributed by atoms with Crippen LogP contribution in [0.1, 0.15) is 44.5 Å². The number of aromatic nitrogens is 4. The first-order valence-electron chi connectivity index (χ1n) is 13.4. The summed E-state index contributed by atoms with van der Waals surface area (Å²) in [5.41, 5.74) is -6.93.